The fourth-order valence-electron chi connectivity index (χ4n) is 3.00. The average molecular weight is 332 g/mol. The number of hydrogen-bond acceptors (Lipinski definition) is 4. The smallest absolute Gasteiger partial charge is 0.356 e. The van der Waals surface area contributed by atoms with Gasteiger partial charge < -0.3 is 10.4 Å². The number of benzene rings is 1. The fourth-order valence-corrected chi connectivity index (χ4v) is 3.00. The Bertz CT molecular complexity index is 706. The van der Waals surface area contributed by atoms with Crippen molar-refractivity contribution in [3.63, 3.8) is 0 Å². The van der Waals surface area contributed by atoms with Crippen LogP contribution in [0.25, 0.3) is 0 Å². The molecule has 0 bridgehead atoms. The van der Waals surface area contributed by atoms with Crippen molar-refractivity contribution in [2.75, 3.05) is 18.4 Å². The molecule has 0 radical (unpaired) electrons. The van der Waals surface area contributed by atoms with Crippen molar-refractivity contribution < 1.29 is 14.3 Å². The first-order valence-corrected chi connectivity index (χ1v) is 8.02. The van der Waals surface area contributed by atoms with Crippen molar-refractivity contribution in [2.24, 2.45) is 7.05 Å². The third kappa shape index (κ3) is 3.91. The van der Waals surface area contributed by atoms with Gasteiger partial charge >= 0.3 is 5.97 Å². The molecular formula is C17H21FN4O2. The first-order valence-electron chi connectivity index (χ1n) is 8.02. The minimum atomic E-state index is -1.00. The predicted octanol–water partition coefficient (Wildman–Crippen LogP) is 2.33. The summed E-state index contributed by atoms with van der Waals surface area (Å²) < 4.78 is 14.6. The summed E-state index contributed by atoms with van der Waals surface area (Å²) in [6.07, 6.45) is 1.97. The Balaban J connectivity index is 1.51. The van der Waals surface area contributed by atoms with Gasteiger partial charge in [0.15, 0.2) is 5.69 Å². The van der Waals surface area contributed by atoms with Crippen LogP contribution in [-0.4, -0.2) is 44.9 Å². The second kappa shape index (κ2) is 7.00. The van der Waals surface area contributed by atoms with Crippen LogP contribution in [0.5, 0.6) is 0 Å². The van der Waals surface area contributed by atoms with Gasteiger partial charge in [0.05, 0.1) is 5.69 Å². The number of likely N-dealkylation sites (tertiary alicyclic amines) is 1. The molecule has 1 aromatic carbocycles. The Labute approximate surface area is 139 Å². The molecule has 2 aromatic rings. The molecule has 1 aliphatic rings. The molecule has 128 valence electrons. The van der Waals surface area contributed by atoms with Gasteiger partial charge in [-0.15, -0.1) is 0 Å². The molecule has 0 saturated carbocycles. The number of anilines is 1. The van der Waals surface area contributed by atoms with E-state index in [1.807, 2.05) is 0 Å². The van der Waals surface area contributed by atoms with Gasteiger partial charge in [0.25, 0.3) is 0 Å². The highest BCUT2D eigenvalue weighted by atomic mass is 19.1. The standard InChI is InChI=1S/C17H21FN4O2/c1-21-15(10-16(20-21)17(23)24)11-22-8-6-14(7-9-22)19-13-4-2-12(18)3-5-13/h2-5,10,14,19H,6-9,11H2,1H3,(H,23,24). The second-order valence-corrected chi connectivity index (χ2v) is 6.15. The van der Waals surface area contributed by atoms with Crippen molar-refractivity contribution in [2.45, 2.75) is 25.4 Å². The topological polar surface area (TPSA) is 70.4 Å². The summed E-state index contributed by atoms with van der Waals surface area (Å²) in [6.45, 7) is 2.54. The van der Waals surface area contributed by atoms with E-state index in [9.17, 15) is 9.18 Å². The number of nitrogens with one attached hydrogen (secondary N) is 1. The lowest BCUT2D eigenvalue weighted by Gasteiger charge is -2.32. The summed E-state index contributed by atoms with van der Waals surface area (Å²) in [7, 11) is 1.77. The first-order chi connectivity index (χ1) is 11.5. The van der Waals surface area contributed by atoms with Crippen LogP contribution in [0, 0.1) is 5.82 Å². The molecule has 0 aliphatic carbocycles. The van der Waals surface area contributed by atoms with Crippen molar-refractivity contribution in [3.8, 4) is 0 Å². The molecule has 0 spiro atoms. The third-order valence-corrected chi connectivity index (χ3v) is 4.38. The molecule has 0 unspecified atom stereocenters. The SMILES string of the molecule is Cn1nc(C(=O)O)cc1CN1CCC(Nc2ccc(F)cc2)CC1. The van der Waals surface area contributed by atoms with Gasteiger partial charge in [-0.1, -0.05) is 0 Å². The van der Waals surface area contributed by atoms with Gasteiger partial charge in [0, 0.05) is 38.4 Å². The van der Waals surface area contributed by atoms with Crippen molar-refractivity contribution in [3.05, 3.63) is 47.5 Å². The lowest BCUT2D eigenvalue weighted by Crippen LogP contribution is -2.39. The summed E-state index contributed by atoms with van der Waals surface area (Å²) in [5.74, 6) is -1.23. The van der Waals surface area contributed by atoms with Gasteiger partial charge in [-0.3, -0.25) is 9.58 Å². The Morgan fingerprint density at radius 1 is 1.33 bits per heavy atom. The van der Waals surface area contributed by atoms with Crippen LogP contribution in [0.2, 0.25) is 0 Å². The van der Waals surface area contributed by atoms with Gasteiger partial charge in [0.2, 0.25) is 0 Å². The number of rotatable bonds is 5. The van der Waals surface area contributed by atoms with E-state index in [0.717, 1.165) is 37.3 Å². The zero-order chi connectivity index (χ0) is 17.1. The van der Waals surface area contributed by atoms with E-state index in [4.69, 9.17) is 5.11 Å². The zero-order valence-corrected chi connectivity index (χ0v) is 13.6. The summed E-state index contributed by atoms with van der Waals surface area (Å²) >= 11 is 0. The number of halogens is 1. The zero-order valence-electron chi connectivity index (χ0n) is 13.6. The molecule has 6 nitrogen and oxygen atoms in total. The molecule has 1 aliphatic heterocycles. The largest absolute Gasteiger partial charge is 0.476 e. The molecule has 3 rings (SSSR count). The molecule has 2 heterocycles. The van der Waals surface area contributed by atoms with Crippen LogP contribution in [0.1, 0.15) is 29.0 Å². The Morgan fingerprint density at radius 3 is 2.58 bits per heavy atom. The molecule has 1 fully saturated rings. The van der Waals surface area contributed by atoms with Gasteiger partial charge in [-0.25, -0.2) is 9.18 Å². The van der Waals surface area contributed by atoms with Crippen LogP contribution in [0.4, 0.5) is 10.1 Å². The van der Waals surface area contributed by atoms with E-state index in [1.165, 1.54) is 12.1 Å². The van der Waals surface area contributed by atoms with Crippen LogP contribution in [0.15, 0.2) is 30.3 Å². The number of aryl methyl sites for hydroxylation is 1. The average Bonchev–Trinajstić information content (AvgIpc) is 2.93. The van der Waals surface area contributed by atoms with Crippen LogP contribution in [-0.2, 0) is 13.6 Å². The van der Waals surface area contributed by atoms with Gasteiger partial charge in [0.1, 0.15) is 5.82 Å². The third-order valence-electron chi connectivity index (χ3n) is 4.38. The highest BCUT2D eigenvalue weighted by Gasteiger charge is 2.21. The molecule has 0 amide bonds. The second-order valence-electron chi connectivity index (χ2n) is 6.15. The normalized spacial score (nSPS) is 16.2. The van der Waals surface area contributed by atoms with E-state index in [-0.39, 0.29) is 11.5 Å². The number of aromatic nitrogens is 2. The Kier molecular flexibility index (Phi) is 4.80. The summed E-state index contributed by atoms with van der Waals surface area (Å²) in [6, 6.07) is 8.42. The quantitative estimate of drug-likeness (QED) is 0.879. The van der Waals surface area contributed by atoms with E-state index in [1.54, 1.807) is 29.9 Å². The predicted molar refractivity (Wildman–Crippen MR) is 88.5 cm³/mol. The van der Waals surface area contributed by atoms with E-state index in [2.05, 4.69) is 15.3 Å². The van der Waals surface area contributed by atoms with E-state index < -0.39 is 5.97 Å². The van der Waals surface area contributed by atoms with Gasteiger partial charge in [-0.05, 0) is 43.2 Å². The Morgan fingerprint density at radius 2 is 2.00 bits per heavy atom. The van der Waals surface area contributed by atoms with Crippen molar-refractivity contribution in [1.82, 2.24) is 14.7 Å². The molecule has 1 saturated heterocycles. The van der Waals surface area contributed by atoms with Crippen molar-refractivity contribution >= 4 is 11.7 Å². The molecule has 0 atom stereocenters. The number of aromatic carboxylic acids is 1. The highest BCUT2D eigenvalue weighted by molar-refractivity contribution is 5.85. The summed E-state index contributed by atoms with van der Waals surface area (Å²) in [4.78, 5) is 13.3. The lowest BCUT2D eigenvalue weighted by molar-refractivity contribution is 0.0689. The number of piperidine rings is 1. The highest BCUT2D eigenvalue weighted by Crippen LogP contribution is 2.18. The molecule has 2 N–H and O–H groups in total. The maximum absolute atomic E-state index is 12.9. The lowest BCUT2D eigenvalue weighted by atomic mass is 10.0. The number of carboxylic acid groups (broad SMARTS) is 1. The van der Waals surface area contributed by atoms with Crippen LogP contribution < -0.4 is 5.32 Å². The molecular weight excluding hydrogens is 311 g/mol. The minimum absolute atomic E-state index is 0.0837. The molecule has 24 heavy (non-hydrogen) atoms. The van der Waals surface area contributed by atoms with Gasteiger partial charge in [-0.2, -0.15) is 5.10 Å². The number of hydrogen-bond donors (Lipinski definition) is 2. The van der Waals surface area contributed by atoms with Crippen molar-refractivity contribution in [1.29, 1.82) is 0 Å². The van der Waals surface area contributed by atoms with Crippen LogP contribution >= 0.6 is 0 Å². The van der Waals surface area contributed by atoms with E-state index >= 15 is 0 Å². The monoisotopic (exact) mass is 332 g/mol. The maximum Gasteiger partial charge on any atom is 0.356 e. The Hall–Kier alpha value is -2.41. The fraction of sp³-hybridized carbons (Fsp3) is 0.412. The first kappa shape index (κ1) is 16.4. The summed E-state index contributed by atoms with van der Waals surface area (Å²) in [5, 5.41) is 16.4. The molecule has 1 aromatic heterocycles. The minimum Gasteiger partial charge on any atom is -0.476 e. The number of carbonyl (C=O) groups is 1. The maximum atomic E-state index is 12.9. The van der Waals surface area contributed by atoms with Crippen LogP contribution in [0.3, 0.4) is 0 Å². The number of nitrogens with zero attached hydrogens (tertiary/aromatic N) is 3. The number of carboxylic acids is 1. The molecule has 7 heteroatoms. The summed E-state index contributed by atoms with van der Waals surface area (Å²) in [5.41, 5.74) is 1.92. The van der Waals surface area contributed by atoms with E-state index in [0.29, 0.717) is 12.6 Å².